The molecule has 0 atom stereocenters. The Kier molecular flexibility index (Phi) is 3.24. The van der Waals surface area contributed by atoms with Crippen molar-refractivity contribution in [2.24, 2.45) is 5.10 Å². The normalized spacial score (nSPS) is 15.3. The van der Waals surface area contributed by atoms with Gasteiger partial charge in [0.25, 0.3) is 5.69 Å². The van der Waals surface area contributed by atoms with E-state index in [1.165, 1.54) is 12.1 Å². The van der Waals surface area contributed by atoms with Gasteiger partial charge in [-0.1, -0.05) is 36.5 Å². The molecule has 2 N–H and O–H groups in total. The molecule has 0 saturated heterocycles. The van der Waals surface area contributed by atoms with Crippen molar-refractivity contribution >= 4 is 40.1 Å². The van der Waals surface area contributed by atoms with Gasteiger partial charge in [-0.3, -0.25) is 20.4 Å². The highest BCUT2D eigenvalue weighted by atomic mass is 32.1. The number of nitro benzene ring substituents is 1. The Morgan fingerprint density at radius 3 is 2.83 bits per heavy atom. The van der Waals surface area contributed by atoms with Gasteiger partial charge in [0.05, 0.1) is 22.0 Å². The number of non-ortho nitro benzene ring substituents is 1. The number of para-hydroxylation sites is 2. The molecule has 2 aliphatic heterocycles. The molecule has 118 valence electrons. The first-order valence-electron chi connectivity index (χ1n) is 7.14. The van der Waals surface area contributed by atoms with E-state index in [0.29, 0.717) is 16.4 Å². The first-order valence-corrected chi connectivity index (χ1v) is 7.55. The Balaban J connectivity index is 1.88. The van der Waals surface area contributed by atoms with Crippen LogP contribution < -0.4 is 15.6 Å². The van der Waals surface area contributed by atoms with Crippen LogP contribution >= 0.6 is 12.2 Å². The molecule has 2 heterocycles. The van der Waals surface area contributed by atoms with Crippen LogP contribution in [0.1, 0.15) is 5.56 Å². The number of nitrogens with one attached hydrogen (secondary N) is 2. The van der Waals surface area contributed by atoms with E-state index in [-0.39, 0.29) is 5.69 Å². The summed E-state index contributed by atoms with van der Waals surface area (Å²) in [6.07, 6.45) is 1.80. The molecule has 0 radical (unpaired) electrons. The molecule has 0 spiro atoms. The second kappa shape index (κ2) is 5.43. The fraction of sp³-hybridized carbons (Fsp3) is 0. The van der Waals surface area contributed by atoms with Crippen LogP contribution in [0.5, 0.6) is 0 Å². The SMILES string of the molecule is O=[N+]([O-])c1cccc(C2=NNC(=S)C3=CNc4ccccc4N32)c1. The topological polar surface area (TPSA) is 82.8 Å². The van der Waals surface area contributed by atoms with Crippen molar-refractivity contribution in [3.63, 3.8) is 0 Å². The zero-order valence-corrected chi connectivity index (χ0v) is 13.1. The van der Waals surface area contributed by atoms with Crippen LogP contribution in [0.3, 0.4) is 0 Å². The second-order valence-corrected chi connectivity index (χ2v) is 5.62. The summed E-state index contributed by atoms with van der Waals surface area (Å²) >= 11 is 5.33. The lowest BCUT2D eigenvalue weighted by molar-refractivity contribution is -0.384. The Bertz CT molecular complexity index is 938. The maximum atomic E-state index is 11.1. The third-order valence-electron chi connectivity index (χ3n) is 3.77. The highest BCUT2D eigenvalue weighted by molar-refractivity contribution is 7.80. The van der Waals surface area contributed by atoms with Crippen molar-refractivity contribution in [2.45, 2.75) is 0 Å². The summed E-state index contributed by atoms with van der Waals surface area (Å²) in [5.41, 5.74) is 5.97. The molecule has 0 fully saturated rings. The quantitative estimate of drug-likeness (QED) is 0.498. The molecule has 2 aliphatic rings. The van der Waals surface area contributed by atoms with Crippen LogP contribution in [0.15, 0.2) is 65.5 Å². The number of benzene rings is 2. The van der Waals surface area contributed by atoms with Gasteiger partial charge in [0.2, 0.25) is 0 Å². The van der Waals surface area contributed by atoms with Gasteiger partial charge in [-0.2, -0.15) is 5.10 Å². The van der Waals surface area contributed by atoms with Crippen molar-refractivity contribution in [2.75, 3.05) is 10.2 Å². The predicted octanol–water partition coefficient (Wildman–Crippen LogP) is 2.96. The van der Waals surface area contributed by atoms with Crippen LogP contribution in [0.2, 0.25) is 0 Å². The number of nitrogens with zero attached hydrogens (tertiary/aromatic N) is 3. The standard InChI is InChI=1S/C16H11N5O2S/c22-21(23)11-5-3-4-10(8-11)15-18-19-16(24)14-9-17-12-6-1-2-7-13(12)20(14)15/h1-9,17H,(H,19,24). The van der Waals surface area contributed by atoms with E-state index in [9.17, 15) is 10.1 Å². The second-order valence-electron chi connectivity index (χ2n) is 5.21. The maximum Gasteiger partial charge on any atom is 0.270 e. The molecule has 24 heavy (non-hydrogen) atoms. The minimum atomic E-state index is -0.423. The van der Waals surface area contributed by atoms with Crippen LogP contribution in [-0.4, -0.2) is 15.7 Å². The van der Waals surface area contributed by atoms with Gasteiger partial charge in [-0.05, 0) is 12.1 Å². The number of rotatable bonds is 2. The number of fused-ring (bicyclic) bond motifs is 3. The Morgan fingerprint density at radius 1 is 1.17 bits per heavy atom. The summed E-state index contributed by atoms with van der Waals surface area (Å²) < 4.78 is 0. The number of amidine groups is 1. The van der Waals surface area contributed by atoms with Crippen molar-refractivity contribution in [3.8, 4) is 0 Å². The average Bonchev–Trinajstić information content (AvgIpc) is 2.62. The summed E-state index contributed by atoms with van der Waals surface area (Å²) in [5, 5.41) is 18.6. The zero-order chi connectivity index (χ0) is 16.7. The third kappa shape index (κ3) is 2.20. The molecule has 0 unspecified atom stereocenters. The van der Waals surface area contributed by atoms with E-state index < -0.39 is 4.92 Å². The molecular weight excluding hydrogens is 326 g/mol. The fourth-order valence-electron chi connectivity index (χ4n) is 2.69. The minimum Gasteiger partial charge on any atom is -0.358 e. The van der Waals surface area contributed by atoms with Crippen LogP contribution in [0, 0.1) is 10.1 Å². The van der Waals surface area contributed by atoms with Crippen LogP contribution in [0.4, 0.5) is 17.1 Å². The van der Waals surface area contributed by atoms with E-state index in [4.69, 9.17) is 12.2 Å². The molecule has 0 amide bonds. The minimum absolute atomic E-state index is 0.0114. The molecular formula is C16H11N5O2S. The van der Waals surface area contributed by atoms with Crippen LogP contribution in [0.25, 0.3) is 0 Å². The maximum absolute atomic E-state index is 11.1. The molecule has 8 heteroatoms. The first kappa shape index (κ1) is 14.3. The number of nitro groups is 1. The van der Waals surface area contributed by atoms with Gasteiger partial charge in [0, 0.05) is 23.9 Å². The van der Waals surface area contributed by atoms with Gasteiger partial charge in [0.15, 0.2) is 5.84 Å². The molecule has 2 aromatic carbocycles. The number of hydrazone groups is 1. The molecule has 2 aromatic rings. The highest BCUT2D eigenvalue weighted by Gasteiger charge is 2.31. The third-order valence-corrected chi connectivity index (χ3v) is 4.07. The van der Waals surface area contributed by atoms with Gasteiger partial charge < -0.3 is 5.32 Å². The van der Waals surface area contributed by atoms with Gasteiger partial charge in [-0.25, -0.2) is 0 Å². The summed E-state index contributed by atoms with van der Waals surface area (Å²) in [7, 11) is 0. The lowest BCUT2D eigenvalue weighted by Crippen LogP contribution is -2.45. The van der Waals surface area contributed by atoms with E-state index in [0.717, 1.165) is 17.1 Å². The van der Waals surface area contributed by atoms with Crippen molar-refractivity contribution < 1.29 is 4.92 Å². The smallest absolute Gasteiger partial charge is 0.270 e. The lowest BCUT2D eigenvalue weighted by Gasteiger charge is -2.36. The molecule has 0 aromatic heterocycles. The predicted molar refractivity (Wildman–Crippen MR) is 96.0 cm³/mol. The Hall–Kier alpha value is -3.26. The van der Waals surface area contributed by atoms with E-state index in [1.54, 1.807) is 18.3 Å². The van der Waals surface area contributed by atoms with Gasteiger partial charge >= 0.3 is 0 Å². The largest absolute Gasteiger partial charge is 0.358 e. The molecule has 0 bridgehead atoms. The molecule has 4 rings (SSSR count). The molecule has 0 saturated carbocycles. The molecule has 0 aliphatic carbocycles. The zero-order valence-electron chi connectivity index (χ0n) is 12.3. The van der Waals surface area contributed by atoms with E-state index in [2.05, 4.69) is 15.8 Å². The number of hydrogen-bond donors (Lipinski definition) is 2. The van der Waals surface area contributed by atoms with Crippen molar-refractivity contribution in [1.82, 2.24) is 5.43 Å². The summed E-state index contributed by atoms with van der Waals surface area (Å²) in [5.74, 6) is 0.549. The lowest BCUT2D eigenvalue weighted by atomic mass is 10.1. The molecule has 7 nitrogen and oxygen atoms in total. The summed E-state index contributed by atoms with van der Waals surface area (Å²) in [6, 6.07) is 14.1. The monoisotopic (exact) mass is 337 g/mol. The summed E-state index contributed by atoms with van der Waals surface area (Å²) in [4.78, 5) is 13.0. The van der Waals surface area contributed by atoms with E-state index in [1.807, 2.05) is 29.2 Å². The average molecular weight is 337 g/mol. The number of anilines is 2. The number of thiocarbonyl (C=S) groups is 1. The van der Waals surface area contributed by atoms with Crippen molar-refractivity contribution in [3.05, 3.63) is 76.1 Å². The number of hydrogen-bond acceptors (Lipinski definition) is 6. The van der Waals surface area contributed by atoms with Crippen LogP contribution in [-0.2, 0) is 0 Å². The van der Waals surface area contributed by atoms with Crippen molar-refractivity contribution in [1.29, 1.82) is 0 Å². The highest BCUT2D eigenvalue weighted by Crippen LogP contribution is 2.35. The first-order chi connectivity index (χ1) is 11.6. The Labute approximate surface area is 142 Å². The van der Waals surface area contributed by atoms with E-state index >= 15 is 0 Å². The summed E-state index contributed by atoms with van der Waals surface area (Å²) in [6.45, 7) is 0. The fourth-order valence-corrected chi connectivity index (χ4v) is 2.89. The van der Waals surface area contributed by atoms with Gasteiger partial charge in [0.1, 0.15) is 4.99 Å². The van der Waals surface area contributed by atoms with Gasteiger partial charge in [-0.15, -0.1) is 0 Å². The Morgan fingerprint density at radius 2 is 2.00 bits per heavy atom.